The molecule has 0 amide bonds. The molecule has 2 fully saturated rings. The minimum atomic E-state index is 0.0512. The lowest BCUT2D eigenvalue weighted by Gasteiger charge is -2.24. The molecule has 2 heterocycles. The monoisotopic (exact) mass is 280 g/mol. The summed E-state index contributed by atoms with van der Waals surface area (Å²) in [6.45, 7) is 8.81. The van der Waals surface area contributed by atoms with E-state index in [0.717, 1.165) is 17.5 Å². The van der Waals surface area contributed by atoms with Gasteiger partial charge in [-0.2, -0.15) is 4.37 Å². The Morgan fingerprint density at radius 3 is 2.63 bits per heavy atom. The average Bonchev–Trinajstić information content (AvgIpc) is 2.87. The summed E-state index contributed by atoms with van der Waals surface area (Å²) >= 11 is 1.57. The fourth-order valence-corrected chi connectivity index (χ4v) is 3.49. The van der Waals surface area contributed by atoms with E-state index >= 15 is 0 Å². The van der Waals surface area contributed by atoms with Crippen LogP contribution in [0.3, 0.4) is 0 Å². The highest BCUT2D eigenvalue weighted by atomic mass is 32.1. The van der Waals surface area contributed by atoms with Gasteiger partial charge in [0.2, 0.25) is 5.13 Å². The third-order valence-corrected chi connectivity index (χ3v) is 4.65. The van der Waals surface area contributed by atoms with Crippen LogP contribution >= 0.6 is 11.5 Å². The van der Waals surface area contributed by atoms with Crippen molar-refractivity contribution >= 4 is 16.7 Å². The van der Waals surface area contributed by atoms with Gasteiger partial charge in [-0.1, -0.05) is 20.8 Å². The molecule has 106 valence electrons. The normalized spacial score (nSPS) is 23.8. The Kier molecular flexibility index (Phi) is 3.52. The van der Waals surface area contributed by atoms with Gasteiger partial charge in [-0.3, -0.25) is 0 Å². The van der Waals surface area contributed by atoms with E-state index in [4.69, 9.17) is 4.98 Å². The minimum absolute atomic E-state index is 0.0512. The Hall–Kier alpha value is -0.680. The largest absolute Gasteiger partial charge is 0.342 e. The number of rotatable bonds is 4. The van der Waals surface area contributed by atoms with Crippen molar-refractivity contribution in [3.63, 3.8) is 0 Å². The van der Waals surface area contributed by atoms with Crippen LogP contribution in [-0.2, 0) is 5.41 Å². The molecule has 19 heavy (non-hydrogen) atoms. The third kappa shape index (κ3) is 3.08. The molecule has 1 saturated carbocycles. The summed E-state index contributed by atoms with van der Waals surface area (Å²) in [7, 11) is 0. The second kappa shape index (κ2) is 5.02. The Balaban J connectivity index is 1.74. The van der Waals surface area contributed by atoms with Crippen LogP contribution in [0.25, 0.3) is 0 Å². The molecule has 1 N–H and O–H groups in total. The van der Waals surface area contributed by atoms with Gasteiger partial charge in [-0.25, -0.2) is 4.98 Å². The highest BCUT2D eigenvalue weighted by Crippen LogP contribution is 2.34. The number of hydrogen-bond acceptors (Lipinski definition) is 5. The molecule has 3 rings (SSSR count). The minimum Gasteiger partial charge on any atom is -0.342 e. The van der Waals surface area contributed by atoms with Crippen LogP contribution in [-0.4, -0.2) is 34.5 Å². The van der Waals surface area contributed by atoms with Gasteiger partial charge in [-0.05, 0) is 32.2 Å². The lowest BCUT2D eigenvalue weighted by atomic mass is 9.96. The quantitative estimate of drug-likeness (QED) is 0.920. The van der Waals surface area contributed by atoms with Crippen molar-refractivity contribution in [2.24, 2.45) is 0 Å². The fourth-order valence-electron chi connectivity index (χ4n) is 2.56. The van der Waals surface area contributed by atoms with Crippen molar-refractivity contribution in [1.29, 1.82) is 0 Å². The molecule has 4 nitrogen and oxygen atoms in total. The van der Waals surface area contributed by atoms with Crippen molar-refractivity contribution in [1.82, 2.24) is 14.7 Å². The van der Waals surface area contributed by atoms with E-state index in [-0.39, 0.29) is 5.41 Å². The molecule has 0 bridgehead atoms. The first kappa shape index (κ1) is 13.3. The summed E-state index contributed by atoms with van der Waals surface area (Å²) < 4.78 is 4.56. The van der Waals surface area contributed by atoms with Gasteiger partial charge in [0.25, 0.3) is 0 Å². The maximum absolute atomic E-state index is 4.79. The number of nitrogens with zero attached hydrogens (tertiary/aromatic N) is 3. The predicted octanol–water partition coefficient (Wildman–Crippen LogP) is 2.56. The predicted molar refractivity (Wildman–Crippen MR) is 80.0 cm³/mol. The van der Waals surface area contributed by atoms with Crippen molar-refractivity contribution in [2.45, 2.75) is 64.0 Å². The van der Waals surface area contributed by atoms with Gasteiger partial charge >= 0.3 is 0 Å². The van der Waals surface area contributed by atoms with Crippen molar-refractivity contribution in [3.05, 3.63) is 5.82 Å². The average molecular weight is 280 g/mol. The summed E-state index contributed by atoms with van der Waals surface area (Å²) in [5.74, 6) is 0.984. The van der Waals surface area contributed by atoms with E-state index in [2.05, 4.69) is 35.4 Å². The molecule has 0 spiro atoms. The first-order chi connectivity index (χ1) is 9.04. The molecule has 5 heteroatoms. The molecule has 1 atom stereocenters. The van der Waals surface area contributed by atoms with Gasteiger partial charge in [-0.15, -0.1) is 0 Å². The summed E-state index contributed by atoms with van der Waals surface area (Å²) in [6.07, 6.45) is 5.25. The number of anilines is 1. The first-order valence-corrected chi connectivity index (χ1v) is 8.15. The van der Waals surface area contributed by atoms with Gasteiger partial charge in [0, 0.05) is 35.6 Å². The van der Waals surface area contributed by atoms with Crippen LogP contribution < -0.4 is 10.2 Å². The van der Waals surface area contributed by atoms with Crippen molar-refractivity contribution in [2.75, 3.05) is 18.0 Å². The SMILES string of the molecule is CC(C)(C)c1nsc(N(CC2CCCN2)C2CC2)n1. The van der Waals surface area contributed by atoms with Gasteiger partial charge in [0.05, 0.1) is 0 Å². The van der Waals surface area contributed by atoms with Crippen LogP contribution in [0.5, 0.6) is 0 Å². The van der Waals surface area contributed by atoms with E-state index in [0.29, 0.717) is 12.1 Å². The summed E-state index contributed by atoms with van der Waals surface area (Å²) in [4.78, 5) is 7.29. The zero-order chi connectivity index (χ0) is 13.5. The first-order valence-electron chi connectivity index (χ1n) is 7.38. The number of hydrogen-bond donors (Lipinski definition) is 1. The molecule has 0 radical (unpaired) electrons. The molecule has 1 aromatic heterocycles. The van der Waals surface area contributed by atoms with Crippen LogP contribution in [0.2, 0.25) is 0 Å². The molecule has 0 aromatic carbocycles. The lowest BCUT2D eigenvalue weighted by molar-refractivity contribution is 0.549. The number of nitrogens with one attached hydrogen (secondary N) is 1. The maximum Gasteiger partial charge on any atom is 0.205 e. The van der Waals surface area contributed by atoms with E-state index in [1.165, 1.54) is 32.2 Å². The highest BCUT2D eigenvalue weighted by Gasteiger charge is 2.34. The van der Waals surface area contributed by atoms with E-state index in [9.17, 15) is 0 Å². The molecular weight excluding hydrogens is 256 g/mol. The smallest absolute Gasteiger partial charge is 0.205 e. The molecule has 1 aliphatic carbocycles. The van der Waals surface area contributed by atoms with Crippen molar-refractivity contribution < 1.29 is 0 Å². The Labute approximate surface area is 119 Å². The fraction of sp³-hybridized carbons (Fsp3) is 0.857. The van der Waals surface area contributed by atoms with Crippen LogP contribution in [0.15, 0.2) is 0 Å². The summed E-state index contributed by atoms with van der Waals surface area (Å²) in [5, 5.41) is 4.72. The molecular formula is C14H24N4S. The lowest BCUT2D eigenvalue weighted by Crippen LogP contribution is -2.39. The number of aromatic nitrogens is 2. The highest BCUT2D eigenvalue weighted by molar-refractivity contribution is 7.09. The second-order valence-electron chi connectivity index (χ2n) is 6.83. The van der Waals surface area contributed by atoms with E-state index < -0.39 is 0 Å². The molecule has 2 aliphatic rings. The molecule has 1 aliphatic heterocycles. The molecule has 1 saturated heterocycles. The Bertz CT molecular complexity index is 427. The molecule has 1 aromatic rings. The summed E-state index contributed by atoms with van der Waals surface area (Å²) in [5.41, 5.74) is 0.0512. The molecule has 1 unspecified atom stereocenters. The zero-order valence-corrected chi connectivity index (χ0v) is 13.0. The van der Waals surface area contributed by atoms with Gasteiger partial charge < -0.3 is 10.2 Å². The van der Waals surface area contributed by atoms with Gasteiger partial charge in [0.1, 0.15) is 5.82 Å². The Morgan fingerprint density at radius 2 is 2.11 bits per heavy atom. The van der Waals surface area contributed by atoms with Crippen LogP contribution in [0.1, 0.15) is 52.3 Å². The topological polar surface area (TPSA) is 41.1 Å². The Morgan fingerprint density at radius 1 is 1.32 bits per heavy atom. The maximum atomic E-state index is 4.79. The van der Waals surface area contributed by atoms with E-state index in [1.54, 1.807) is 11.5 Å². The van der Waals surface area contributed by atoms with Crippen LogP contribution in [0, 0.1) is 0 Å². The summed E-state index contributed by atoms with van der Waals surface area (Å²) in [6, 6.07) is 1.35. The van der Waals surface area contributed by atoms with E-state index in [1.807, 2.05) is 0 Å². The standard InChI is InChI=1S/C14H24N4S/c1-14(2,3)12-16-13(19-17-12)18(11-6-7-11)9-10-5-4-8-15-10/h10-11,15H,4-9H2,1-3H3. The third-order valence-electron chi connectivity index (χ3n) is 3.90. The zero-order valence-electron chi connectivity index (χ0n) is 12.1. The van der Waals surface area contributed by atoms with Crippen LogP contribution in [0.4, 0.5) is 5.13 Å². The van der Waals surface area contributed by atoms with Gasteiger partial charge in [0.15, 0.2) is 0 Å². The van der Waals surface area contributed by atoms with Crippen molar-refractivity contribution in [3.8, 4) is 0 Å². The second-order valence-corrected chi connectivity index (χ2v) is 7.56.